The van der Waals surface area contributed by atoms with Gasteiger partial charge in [-0.1, -0.05) is 0 Å². The van der Waals surface area contributed by atoms with Gasteiger partial charge in [0.2, 0.25) is 0 Å². The highest BCUT2D eigenvalue weighted by atomic mass is 32.2. The first kappa shape index (κ1) is 6.70. The number of hydrogen-bond acceptors (Lipinski definition) is 2. The lowest BCUT2D eigenvalue weighted by atomic mass is 10.9. The van der Waals surface area contributed by atoms with Crippen molar-refractivity contribution in [2.24, 2.45) is 0 Å². The van der Waals surface area contributed by atoms with E-state index in [2.05, 4.69) is 12.6 Å². The van der Waals surface area contributed by atoms with Crippen molar-refractivity contribution in [1.82, 2.24) is 0 Å². The maximum Gasteiger partial charge on any atom is 0.00211 e. The lowest BCUT2D eigenvalue weighted by Gasteiger charge is -1.86. The molecular weight excluding hydrogens is 112 g/mol. The van der Waals surface area contributed by atoms with Crippen LogP contribution < -0.4 is 0 Å². The molecule has 0 fully saturated rings. The Bertz CT molecular complexity index is 17.5. The summed E-state index contributed by atoms with van der Waals surface area (Å²) < 4.78 is 0. The van der Waals surface area contributed by atoms with Crippen molar-refractivity contribution in [2.75, 3.05) is 17.3 Å². The van der Waals surface area contributed by atoms with Crippen LogP contribution in [0, 0.1) is 6.92 Å². The fraction of sp³-hybridized carbons (Fsp3) is 0.750. The number of thiol groups is 1. The Balaban J connectivity index is 2.34. The summed E-state index contributed by atoms with van der Waals surface area (Å²) in [7, 11) is 0. The van der Waals surface area contributed by atoms with Gasteiger partial charge in [0.1, 0.15) is 0 Å². The topological polar surface area (TPSA) is 0 Å². The lowest BCUT2D eigenvalue weighted by Crippen LogP contribution is -1.77. The summed E-state index contributed by atoms with van der Waals surface area (Å²) in [5.41, 5.74) is 0. The zero-order valence-corrected chi connectivity index (χ0v) is 5.27. The van der Waals surface area contributed by atoms with E-state index in [1.165, 1.54) is 0 Å². The molecule has 6 heavy (non-hydrogen) atoms. The van der Waals surface area contributed by atoms with Gasteiger partial charge < -0.3 is 0 Å². The Morgan fingerprint density at radius 2 is 2.33 bits per heavy atom. The molecule has 0 heterocycles. The van der Waals surface area contributed by atoms with Crippen LogP contribution in [0.5, 0.6) is 0 Å². The average molecular weight is 120 g/mol. The summed E-state index contributed by atoms with van der Waals surface area (Å²) in [6.45, 7) is 5.14. The molecule has 0 amide bonds. The zero-order chi connectivity index (χ0) is 4.83. The zero-order valence-electron chi connectivity index (χ0n) is 3.55. The van der Waals surface area contributed by atoms with Crippen molar-refractivity contribution in [3.05, 3.63) is 6.92 Å². The minimum absolute atomic E-state index is 0.723. The first-order chi connectivity index (χ1) is 2.91. The molecule has 0 N–H and O–H groups in total. The molecule has 0 aliphatic heterocycles. The minimum atomic E-state index is 0.723. The van der Waals surface area contributed by atoms with E-state index in [4.69, 9.17) is 6.92 Å². The average Bonchev–Trinajstić information content (AvgIpc) is 1.61. The van der Waals surface area contributed by atoms with E-state index >= 15 is 0 Å². The summed E-state index contributed by atoms with van der Waals surface area (Å²) in [5.74, 6) is 2.72. The lowest BCUT2D eigenvalue weighted by molar-refractivity contribution is 1.56. The molecule has 0 atom stereocenters. The van der Waals surface area contributed by atoms with Crippen molar-refractivity contribution < 1.29 is 0 Å². The second-order valence-electron chi connectivity index (χ2n) is 0.799. The van der Waals surface area contributed by atoms with Crippen LogP contribution in [0.4, 0.5) is 0 Å². The van der Waals surface area contributed by atoms with E-state index in [9.17, 15) is 0 Å². The third kappa shape index (κ3) is 4.70. The summed E-state index contributed by atoms with van der Waals surface area (Å²) in [6.07, 6.45) is 0. The van der Waals surface area contributed by atoms with Crippen molar-refractivity contribution in [1.29, 1.82) is 0 Å². The molecule has 2 heteroatoms. The quantitative estimate of drug-likeness (QED) is 0.433. The van der Waals surface area contributed by atoms with Gasteiger partial charge in [-0.15, -0.1) is 0 Å². The van der Waals surface area contributed by atoms with Crippen molar-refractivity contribution in [2.45, 2.75) is 0 Å². The SMILES string of the molecule is [CH]CSCCS. The third-order valence-electron chi connectivity index (χ3n) is 0.353. The van der Waals surface area contributed by atoms with E-state index in [0.29, 0.717) is 0 Å². The first-order valence-electron chi connectivity index (χ1n) is 1.80. The van der Waals surface area contributed by atoms with Crippen LogP contribution in [0.2, 0.25) is 0 Å². The van der Waals surface area contributed by atoms with Crippen molar-refractivity contribution in [3.8, 4) is 0 Å². The van der Waals surface area contributed by atoms with Gasteiger partial charge in [-0.2, -0.15) is 24.4 Å². The molecule has 2 radical (unpaired) electrons. The number of rotatable bonds is 3. The maximum atomic E-state index is 5.14. The van der Waals surface area contributed by atoms with E-state index in [0.717, 1.165) is 17.3 Å². The van der Waals surface area contributed by atoms with E-state index < -0.39 is 0 Å². The number of hydrogen-bond donors (Lipinski definition) is 1. The second kappa shape index (κ2) is 5.70. The van der Waals surface area contributed by atoms with Gasteiger partial charge in [-0.05, 0) is 18.4 Å². The first-order valence-corrected chi connectivity index (χ1v) is 3.59. The standard InChI is InChI=1S/C4H8S2/c1-2-6-4-3-5/h1,5H,2-4H2. The van der Waals surface area contributed by atoms with Gasteiger partial charge in [-0.25, -0.2) is 0 Å². The van der Waals surface area contributed by atoms with Gasteiger partial charge in [0.25, 0.3) is 0 Å². The molecule has 0 saturated heterocycles. The Labute approximate surface area is 49.1 Å². The second-order valence-corrected chi connectivity index (χ2v) is 2.40. The maximum absolute atomic E-state index is 5.14. The van der Waals surface area contributed by atoms with Gasteiger partial charge >= 0.3 is 0 Å². The van der Waals surface area contributed by atoms with E-state index in [1.54, 1.807) is 11.8 Å². The molecule has 0 unspecified atom stereocenters. The molecule has 0 nitrogen and oxygen atoms in total. The third-order valence-corrected chi connectivity index (χ3v) is 1.61. The molecule has 0 rings (SSSR count). The molecule has 36 valence electrons. The Hall–Kier alpha value is 0.700. The normalized spacial score (nSPS) is 9.00. The fourth-order valence-electron chi connectivity index (χ4n) is 0.148. The summed E-state index contributed by atoms with van der Waals surface area (Å²) >= 11 is 5.69. The van der Waals surface area contributed by atoms with Crippen molar-refractivity contribution >= 4 is 24.4 Å². The Morgan fingerprint density at radius 1 is 1.67 bits per heavy atom. The van der Waals surface area contributed by atoms with Crippen LogP contribution in [0.15, 0.2) is 0 Å². The monoisotopic (exact) mass is 120 g/mol. The molecule has 0 saturated carbocycles. The number of thioether (sulfide) groups is 1. The van der Waals surface area contributed by atoms with Gasteiger partial charge in [0, 0.05) is 5.75 Å². The van der Waals surface area contributed by atoms with E-state index in [-0.39, 0.29) is 0 Å². The molecule has 0 aliphatic carbocycles. The van der Waals surface area contributed by atoms with Gasteiger partial charge in [-0.3, -0.25) is 0 Å². The van der Waals surface area contributed by atoms with Crippen LogP contribution >= 0.6 is 24.4 Å². The molecule has 0 aliphatic rings. The highest BCUT2D eigenvalue weighted by Crippen LogP contribution is 1.96. The minimum Gasteiger partial charge on any atom is -0.179 e. The highest BCUT2D eigenvalue weighted by Gasteiger charge is 1.75. The van der Waals surface area contributed by atoms with Crippen LogP contribution in [0.3, 0.4) is 0 Å². The molecule has 0 bridgehead atoms. The molecule has 0 aromatic rings. The smallest absolute Gasteiger partial charge is 0.00211 e. The molecule has 0 aromatic carbocycles. The highest BCUT2D eigenvalue weighted by molar-refractivity contribution is 8.00. The summed E-state index contributed by atoms with van der Waals surface area (Å²) in [4.78, 5) is 0. The largest absolute Gasteiger partial charge is 0.179 e. The van der Waals surface area contributed by atoms with Crippen LogP contribution in [-0.4, -0.2) is 17.3 Å². The van der Waals surface area contributed by atoms with Crippen molar-refractivity contribution in [3.63, 3.8) is 0 Å². The molecular formula is C4H8S2. The summed E-state index contributed by atoms with van der Waals surface area (Å²) in [6, 6.07) is 0. The Kier molecular flexibility index (Phi) is 6.36. The van der Waals surface area contributed by atoms with Crippen LogP contribution in [-0.2, 0) is 0 Å². The van der Waals surface area contributed by atoms with E-state index in [1.807, 2.05) is 0 Å². The molecule has 0 aromatic heterocycles. The molecule has 0 spiro atoms. The fourth-order valence-corrected chi connectivity index (χ4v) is 0.831. The predicted molar refractivity (Wildman–Crippen MR) is 35.5 cm³/mol. The van der Waals surface area contributed by atoms with Crippen LogP contribution in [0.1, 0.15) is 0 Å². The summed E-state index contributed by atoms with van der Waals surface area (Å²) in [5, 5.41) is 0. The van der Waals surface area contributed by atoms with Gasteiger partial charge in [0.05, 0.1) is 0 Å². The van der Waals surface area contributed by atoms with Crippen LogP contribution in [0.25, 0.3) is 0 Å². The van der Waals surface area contributed by atoms with Gasteiger partial charge in [0.15, 0.2) is 0 Å². The Morgan fingerprint density at radius 3 is 2.50 bits per heavy atom. The predicted octanol–water partition coefficient (Wildman–Crippen LogP) is 1.36.